The maximum Gasteiger partial charge on any atom is 0.338 e. The van der Waals surface area contributed by atoms with Crippen LogP contribution in [0.5, 0.6) is 0 Å². The molecule has 0 bridgehead atoms. The maximum atomic E-state index is 11.7. The number of hydrogen-bond acceptors (Lipinski definition) is 4. The molecule has 0 spiro atoms. The van der Waals surface area contributed by atoms with Gasteiger partial charge in [-0.05, 0) is 19.2 Å². The monoisotopic (exact) mass is 341 g/mol. The van der Waals surface area contributed by atoms with E-state index in [1.165, 1.54) is 7.11 Å². The molecule has 6 heteroatoms. The lowest BCUT2D eigenvalue weighted by molar-refractivity contribution is 0.0597. The number of benzene rings is 1. The number of carbonyl (C=O) groups excluding carboxylic acids is 1. The summed E-state index contributed by atoms with van der Waals surface area (Å²) in [7, 11) is -0.732. The first kappa shape index (κ1) is 15.9. The standard InChI is InChI=1S/C13H16BrNO3Si/c1-17-13(16)11-7-5-4-6-10(11)12(14)18-19(2,3)9-8-15/h4-7,12H,9H2,1-3H3. The van der Waals surface area contributed by atoms with Crippen LogP contribution in [0.25, 0.3) is 0 Å². The molecule has 0 saturated heterocycles. The van der Waals surface area contributed by atoms with Gasteiger partial charge in [-0.3, -0.25) is 0 Å². The van der Waals surface area contributed by atoms with Gasteiger partial charge in [0.2, 0.25) is 8.32 Å². The summed E-state index contributed by atoms with van der Waals surface area (Å²) in [6.07, 6.45) is 0. The lowest BCUT2D eigenvalue weighted by Crippen LogP contribution is -2.30. The van der Waals surface area contributed by atoms with Crippen LogP contribution in [0.15, 0.2) is 24.3 Å². The van der Waals surface area contributed by atoms with Crippen LogP contribution in [-0.4, -0.2) is 21.4 Å². The second-order valence-corrected chi connectivity index (χ2v) is 9.55. The first-order chi connectivity index (χ1) is 8.91. The number of methoxy groups -OCH3 is 1. The van der Waals surface area contributed by atoms with E-state index in [0.29, 0.717) is 17.2 Å². The molecule has 0 aliphatic heterocycles. The van der Waals surface area contributed by atoms with Crippen molar-refractivity contribution in [2.75, 3.05) is 7.11 Å². The number of rotatable bonds is 5. The molecular formula is C13H16BrNO3Si. The van der Waals surface area contributed by atoms with Crippen LogP contribution >= 0.6 is 15.9 Å². The van der Waals surface area contributed by atoms with Crippen molar-refractivity contribution in [3.8, 4) is 6.07 Å². The Bertz CT molecular complexity index is 499. The summed E-state index contributed by atoms with van der Waals surface area (Å²) in [5.74, 6) is -0.400. The highest BCUT2D eigenvalue weighted by Crippen LogP contribution is 2.31. The first-order valence-electron chi connectivity index (χ1n) is 5.77. The number of nitriles is 1. The fourth-order valence-electron chi connectivity index (χ4n) is 1.57. The molecule has 4 nitrogen and oxygen atoms in total. The van der Waals surface area contributed by atoms with E-state index < -0.39 is 19.3 Å². The summed E-state index contributed by atoms with van der Waals surface area (Å²) in [5, 5.41) is 8.36. The van der Waals surface area contributed by atoms with Crippen molar-refractivity contribution in [3.05, 3.63) is 35.4 Å². The fraction of sp³-hybridized carbons (Fsp3) is 0.385. The topological polar surface area (TPSA) is 59.3 Å². The molecule has 102 valence electrons. The van der Waals surface area contributed by atoms with Gasteiger partial charge in [0.05, 0.1) is 24.8 Å². The van der Waals surface area contributed by atoms with Crippen LogP contribution in [0, 0.1) is 11.3 Å². The molecule has 0 N–H and O–H groups in total. The van der Waals surface area contributed by atoms with Crippen molar-refractivity contribution in [2.24, 2.45) is 0 Å². The summed E-state index contributed by atoms with van der Waals surface area (Å²) >= 11 is 3.44. The molecular weight excluding hydrogens is 326 g/mol. The van der Waals surface area contributed by atoms with Gasteiger partial charge in [-0.1, -0.05) is 34.1 Å². The number of halogens is 1. The molecule has 0 saturated carbocycles. The fourth-order valence-corrected chi connectivity index (χ4v) is 4.63. The smallest absolute Gasteiger partial charge is 0.338 e. The Kier molecular flexibility index (Phi) is 5.73. The molecule has 1 rings (SSSR count). The van der Waals surface area contributed by atoms with Crippen molar-refractivity contribution in [2.45, 2.75) is 24.2 Å². The zero-order valence-electron chi connectivity index (χ0n) is 11.1. The van der Waals surface area contributed by atoms with Gasteiger partial charge in [-0.15, -0.1) is 0 Å². The zero-order valence-corrected chi connectivity index (χ0v) is 13.7. The molecule has 0 heterocycles. The van der Waals surface area contributed by atoms with Gasteiger partial charge < -0.3 is 9.16 Å². The molecule has 0 aliphatic rings. The first-order valence-corrected chi connectivity index (χ1v) is 9.80. The third kappa shape index (κ3) is 4.46. The van der Waals surface area contributed by atoms with E-state index in [0.717, 1.165) is 0 Å². The minimum absolute atomic E-state index is 0.398. The SMILES string of the molecule is COC(=O)c1ccccc1C(Br)O[Si](C)(C)CC#N. The molecule has 1 aromatic carbocycles. The highest BCUT2D eigenvalue weighted by molar-refractivity contribution is 9.09. The molecule has 1 unspecified atom stereocenters. The van der Waals surface area contributed by atoms with Crippen LogP contribution in [0.3, 0.4) is 0 Å². The Morgan fingerprint density at radius 1 is 1.47 bits per heavy atom. The van der Waals surface area contributed by atoms with Crippen LogP contribution in [0.4, 0.5) is 0 Å². The lowest BCUT2D eigenvalue weighted by atomic mass is 10.1. The Balaban J connectivity index is 2.97. The molecule has 19 heavy (non-hydrogen) atoms. The van der Waals surface area contributed by atoms with E-state index in [1.807, 2.05) is 25.2 Å². The Morgan fingerprint density at radius 2 is 2.11 bits per heavy atom. The molecule has 0 amide bonds. The number of carbonyl (C=O) groups is 1. The van der Waals surface area contributed by atoms with E-state index in [4.69, 9.17) is 14.4 Å². The van der Waals surface area contributed by atoms with Crippen LogP contribution in [0.2, 0.25) is 19.1 Å². The molecule has 1 aromatic rings. The van der Waals surface area contributed by atoms with Gasteiger partial charge in [0.1, 0.15) is 5.01 Å². The van der Waals surface area contributed by atoms with Crippen molar-refractivity contribution in [1.82, 2.24) is 0 Å². The summed E-state index contributed by atoms with van der Waals surface area (Å²) in [4.78, 5) is 11.7. The average molecular weight is 342 g/mol. The number of ether oxygens (including phenoxy) is 1. The summed E-state index contributed by atoms with van der Waals surface area (Å²) in [6.45, 7) is 3.93. The van der Waals surface area contributed by atoms with Gasteiger partial charge in [0, 0.05) is 5.56 Å². The lowest BCUT2D eigenvalue weighted by Gasteiger charge is -2.25. The van der Waals surface area contributed by atoms with Crippen molar-refractivity contribution in [3.63, 3.8) is 0 Å². The van der Waals surface area contributed by atoms with Crippen molar-refractivity contribution < 1.29 is 14.0 Å². The predicted octanol–water partition coefficient (Wildman–Crippen LogP) is 3.61. The zero-order chi connectivity index (χ0) is 14.5. The van der Waals surface area contributed by atoms with Crippen LogP contribution in [-0.2, 0) is 9.16 Å². The summed E-state index contributed by atoms with van der Waals surface area (Å²) in [5.41, 5.74) is 1.18. The van der Waals surface area contributed by atoms with Gasteiger partial charge in [-0.2, -0.15) is 5.26 Å². The number of alkyl halides is 1. The van der Waals surface area contributed by atoms with Gasteiger partial charge >= 0.3 is 5.97 Å². The summed E-state index contributed by atoms with van der Waals surface area (Å²) < 4.78 is 10.7. The van der Waals surface area contributed by atoms with E-state index in [-0.39, 0.29) is 0 Å². The number of nitrogens with zero attached hydrogens (tertiary/aromatic N) is 1. The maximum absolute atomic E-state index is 11.7. The van der Waals surface area contributed by atoms with Crippen molar-refractivity contribution >= 4 is 30.2 Å². The quantitative estimate of drug-likeness (QED) is 0.466. The second kappa shape index (κ2) is 6.85. The van der Waals surface area contributed by atoms with E-state index in [2.05, 4.69) is 22.0 Å². The predicted molar refractivity (Wildman–Crippen MR) is 78.4 cm³/mol. The Labute approximate surface area is 122 Å². The summed E-state index contributed by atoms with van der Waals surface area (Å²) in [6, 6.07) is 9.64. The molecule has 0 radical (unpaired) electrons. The van der Waals surface area contributed by atoms with Gasteiger partial charge in [0.15, 0.2) is 0 Å². The average Bonchev–Trinajstić information content (AvgIpc) is 2.37. The minimum Gasteiger partial charge on any atom is -0.465 e. The van der Waals surface area contributed by atoms with E-state index in [1.54, 1.807) is 12.1 Å². The molecule has 1 atom stereocenters. The Morgan fingerprint density at radius 3 is 2.68 bits per heavy atom. The molecule has 0 aliphatic carbocycles. The normalized spacial score (nSPS) is 12.6. The third-order valence-corrected chi connectivity index (χ3v) is 5.45. The van der Waals surface area contributed by atoms with Crippen molar-refractivity contribution in [1.29, 1.82) is 5.26 Å². The van der Waals surface area contributed by atoms with Gasteiger partial charge in [0.25, 0.3) is 0 Å². The number of esters is 1. The third-order valence-electron chi connectivity index (χ3n) is 2.54. The van der Waals surface area contributed by atoms with Gasteiger partial charge in [-0.25, -0.2) is 4.79 Å². The second-order valence-electron chi connectivity index (χ2n) is 4.61. The van der Waals surface area contributed by atoms with Crippen LogP contribution in [0.1, 0.15) is 20.9 Å². The van der Waals surface area contributed by atoms with E-state index >= 15 is 0 Å². The van der Waals surface area contributed by atoms with Crippen LogP contribution < -0.4 is 0 Å². The minimum atomic E-state index is -2.08. The molecule has 0 aromatic heterocycles. The highest BCUT2D eigenvalue weighted by Gasteiger charge is 2.28. The number of hydrogen-bond donors (Lipinski definition) is 0. The Hall–Kier alpha value is -1.16. The highest BCUT2D eigenvalue weighted by atomic mass is 79.9. The van der Waals surface area contributed by atoms with E-state index in [9.17, 15) is 4.79 Å². The largest absolute Gasteiger partial charge is 0.465 e. The molecule has 0 fully saturated rings.